The molecule has 0 radical (unpaired) electrons. The first-order valence-electron chi connectivity index (χ1n) is 4.35. The molecule has 2 aliphatic rings. The van der Waals surface area contributed by atoms with Crippen LogP contribution in [-0.4, -0.2) is 41.3 Å². The first-order chi connectivity index (χ1) is 5.20. The van der Waals surface area contributed by atoms with Gasteiger partial charge in [0.25, 0.3) is 0 Å². The number of likely N-dealkylation sites (N-methyl/N-ethyl adjacent to an activating group) is 1. The van der Waals surface area contributed by atoms with E-state index in [1.807, 2.05) is 0 Å². The minimum Gasteiger partial charge on any atom is -0.391 e. The highest BCUT2D eigenvalue weighted by atomic mass is 16.3. The fraction of sp³-hybridized carbons (Fsp3) is 1.00. The molecule has 0 aromatic carbocycles. The second-order valence-corrected chi connectivity index (χ2v) is 3.84. The highest BCUT2D eigenvalue weighted by molar-refractivity contribution is 5.00. The molecule has 3 N–H and O–H groups in total. The third-order valence-corrected chi connectivity index (χ3v) is 3.30. The van der Waals surface area contributed by atoms with E-state index < -0.39 is 0 Å². The third kappa shape index (κ3) is 0.991. The van der Waals surface area contributed by atoms with Crippen LogP contribution in [0.3, 0.4) is 0 Å². The molecule has 64 valence electrons. The highest BCUT2D eigenvalue weighted by Crippen LogP contribution is 2.33. The molecule has 0 aromatic rings. The summed E-state index contributed by atoms with van der Waals surface area (Å²) < 4.78 is 0. The Kier molecular flexibility index (Phi) is 1.67. The lowest BCUT2D eigenvalue weighted by Crippen LogP contribution is -2.56. The van der Waals surface area contributed by atoms with E-state index in [9.17, 15) is 5.11 Å². The molecule has 2 aliphatic heterocycles. The van der Waals surface area contributed by atoms with E-state index in [0.717, 1.165) is 6.42 Å². The summed E-state index contributed by atoms with van der Waals surface area (Å²) in [5, 5.41) is 9.52. The molecule has 11 heavy (non-hydrogen) atoms. The molecular weight excluding hydrogens is 140 g/mol. The highest BCUT2D eigenvalue weighted by Gasteiger charge is 2.42. The average molecular weight is 156 g/mol. The van der Waals surface area contributed by atoms with Crippen LogP contribution in [0.25, 0.3) is 0 Å². The Morgan fingerprint density at radius 1 is 1.45 bits per heavy atom. The van der Waals surface area contributed by atoms with E-state index in [-0.39, 0.29) is 12.1 Å². The molecule has 0 aliphatic carbocycles. The average Bonchev–Trinajstić information content (AvgIpc) is 2.23. The molecule has 3 nitrogen and oxygen atoms in total. The Balaban J connectivity index is 2.16. The SMILES string of the molecule is CN1[C@H]2CC[C@@H]1[C@H](N)[C@@H](O)C2. The van der Waals surface area contributed by atoms with Crippen molar-refractivity contribution >= 4 is 0 Å². The van der Waals surface area contributed by atoms with Crippen LogP contribution in [0.15, 0.2) is 0 Å². The van der Waals surface area contributed by atoms with Crippen LogP contribution >= 0.6 is 0 Å². The van der Waals surface area contributed by atoms with Crippen molar-refractivity contribution in [1.29, 1.82) is 0 Å². The zero-order valence-electron chi connectivity index (χ0n) is 6.90. The van der Waals surface area contributed by atoms with E-state index in [1.165, 1.54) is 12.8 Å². The van der Waals surface area contributed by atoms with Gasteiger partial charge in [0.05, 0.1) is 6.10 Å². The number of nitrogens with two attached hydrogens (primary N) is 1. The normalized spacial score (nSPS) is 51.5. The van der Waals surface area contributed by atoms with Gasteiger partial charge in [-0.15, -0.1) is 0 Å². The predicted octanol–water partition coefficient (Wildman–Crippen LogP) is -0.459. The van der Waals surface area contributed by atoms with Crippen LogP contribution in [0.4, 0.5) is 0 Å². The summed E-state index contributed by atoms with van der Waals surface area (Å²) >= 11 is 0. The van der Waals surface area contributed by atoms with Gasteiger partial charge in [-0.3, -0.25) is 4.90 Å². The van der Waals surface area contributed by atoms with E-state index in [2.05, 4.69) is 11.9 Å². The van der Waals surface area contributed by atoms with Gasteiger partial charge in [0.1, 0.15) is 0 Å². The van der Waals surface area contributed by atoms with Gasteiger partial charge in [-0.05, 0) is 26.3 Å². The van der Waals surface area contributed by atoms with Crippen molar-refractivity contribution in [1.82, 2.24) is 4.90 Å². The lowest BCUT2D eigenvalue weighted by molar-refractivity contribution is 0.0301. The molecule has 2 bridgehead atoms. The maximum Gasteiger partial charge on any atom is 0.0721 e. The number of hydrogen-bond acceptors (Lipinski definition) is 3. The maximum atomic E-state index is 9.52. The number of hydrogen-bond donors (Lipinski definition) is 2. The summed E-state index contributed by atoms with van der Waals surface area (Å²) in [5.74, 6) is 0. The summed E-state index contributed by atoms with van der Waals surface area (Å²) in [5.41, 5.74) is 5.86. The number of piperidine rings is 1. The molecule has 2 saturated heterocycles. The number of aliphatic hydroxyl groups excluding tert-OH is 1. The first kappa shape index (κ1) is 7.53. The molecule has 2 fully saturated rings. The second-order valence-electron chi connectivity index (χ2n) is 3.84. The van der Waals surface area contributed by atoms with Gasteiger partial charge < -0.3 is 10.8 Å². The van der Waals surface area contributed by atoms with Crippen LogP contribution < -0.4 is 5.73 Å². The van der Waals surface area contributed by atoms with Crippen molar-refractivity contribution in [2.75, 3.05) is 7.05 Å². The van der Waals surface area contributed by atoms with Gasteiger partial charge in [0.2, 0.25) is 0 Å². The maximum absolute atomic E-state index is 9.52. The van der Waals surface area contributed by atoms with Gasteiger partial charge in [-0.2, -0.15) is 0 Å². The van der Waals surface area contributed by atoms with Gasteiger partial charge >= 0.3 is 0 Å². The number of fused-ring (bicyclic) bond motifs is 2. The Hall–Kier alpha value is -0.120. The van der Waals surface area contributed by atoms with Crippen molar-refractivity contribution < 1.29 is 5.11 Å². The zero-order valence-corrected chi connectivity index (χ0v) is 6.90. The molecule has 4 atom stereocenters. The molecule has 0 saturated carbocycles. The Morgan fingerprint density at radius 2 is 2.18 bits per heavy atom. The lowest BCUT2D eigenvalue weighted by atomic mass is 9.96. The smallest absolute Gasteiger partial charge is 0.0721 e. The van der Waals surface area contributed by atoms with Crippen molar-refractivity contribution in [3.63, 3.8) is 0 Å². The summed E-state index contributed by atoms with van der Waals surface area (Å²) in [6, 6.07) is 1.01. The molecule has 2 rings (SSSR count). The number of rotatable bonds is 0. The van der Waals surface area contributed by atoms with Gasteiger partial charge in [-0.1, -0.05) is 0 Å². The molecule has 0 amide bonds. The lowest BCUT2D eigenvalue weighted by Gasteiger charge is -2.38. The summed E-state index contributed by atoms with van der Waals surface area (Å²) in [6.07, 6.45) is 2.99. The molecule has 0 unspecified atom stereocenters. The van der Waals surface area contributed by atoms with Crippen molar-refractivity contribution in [2.24, 2.45) is 5.73 Å². The van der Waals surface area contributed by atoms with E-state index >= 15 is 0 Å². The van der Waals surface area contributed by atoms with E-state index in [1.54, 1.807) is 0 Å². The molecule has 0 spiro atoms. The molecule has 0 aromatic heterocycles. The summed E-state index contributed by atoms with van der Waals surface area (Å²) in [4.78, 5) is 2.33. The predicted molar refractivity (Wildman–Crippen MR) is 43.2 cm³/mol. The Labute approximate surface area is 67.2 Å². The Morgan fingerprint density at radius 3 is 2.91 bits per heavy atom. The topological polar surface area (TPSA) is 49.5 Å². The van der Waals surface area contributed by atoms with Crippen LogP contribution in [0.5, 0.6) is 0 Å². The fourth-order valence-corrected chi connectivity index (χ4v) is 2.48. The van der Waals surface area contributed by atoms with Crippen molar-refractivity contribution in [2.45, 2.75) is 43.5 Å². The van der Waals surface area contributed by atoms with Crippen LogP contribution in [0.2, 0.25) is 0 Å². The largest absolute Gasteiger partial charge is 0.391 e. The number of aliphatic hydroxyl groups is 1. The van der Waals surface area contributed by atoms with Gasteiger partial charge in [0, 0.05) is 18.1 Å². The van der Waals surface area contributed by atoms with Crippen LogP contribution in [-0.2, 0) is 0 Å². The van der Waals surface area contributed by atoms with Crippen LogP contribution in [0, 0.1) is 0 Å². The minimum absolute atomic E-state index is 0.0150. The molecular formula is C8H16N2O. The van der Waals surface area contributed by atoms with E-state index in [0.29, 0.717) is 12.1 Å². The first-order valence-corrected chi connectivity index (χ1v) is 4.35. The molecule has 2 heterocycles. The van der Waals surface area contributed by atoms with Gasteiger partial charge in [0.15, 0.2) is 0 Å². The van der Waals surface area contributed by atoms with Crippen LogP contribution in [0.1, 0.15) is 19.3 Å². The molecule has 3 heteroatoms. The third-order valence-electron chi connectivity index (χ3n) is 3.30. The second kappa shape index (κ2) is 2.44. The summed E-state index contributed by atoms with van der Waals surface area (Å²) in [7, 11) is 2.12. The number of nitrogens with zero attached hydrogens (tertiary/aromatic N) is 1. The minimum atomic E-state index is -0.260. The van der Waals surface area contributed by atoms with E-state index in [4.69, 9.17) is 5.73 Å². The van der Waals surface area contributed by atoms with Gasteiger partial charge in [-0.25, -0.2) is 0 Å². The van der Waals surface area contributed by atoms with Crippen molar-refractivity contribution in [3.05, 3.63) is 0 Å². The monoisotopic (exact) mass is 156 g/mol. The summed E-state index contributed by atoms with van der Waals surface area (Å²) in [6.45, 7) is 0. The fourth-order valence-electron chi connectivity index (χ4n) is 2.48. The zero-order chi connectivity index (χ0) is 8.01. The quantitative estimate of drug-likeness (QED) is 0.499. The van der Waals surface area contributed by atoms with Crippen molar-refractivity contribution in [3.8, 4) is 0 Å². The standard InChI is InChI=1S/C8H16N2O/c1-10-5-2-3-6(10)8(9)7(11)4-5/h5-8,11H,2-4,9H2,1H3/t5-,6+,7-,8-/m0/s1. The Bertz CT molecular complexity index is 162.